The van der Waals surface area contributed by atoms with Gasteiger partial charge in [-0.3, -0.25) is 0 Å². The Morgan fingerprint density at radius 3 is 2.64 bits per heavy atom. The van der Waals surface area contributed by atoms with Crippen LogP contribution in [0.3, 0.4) is 0 Å². The number of methoxy groups -OCH3 is 1. The van der Waals surface area contributed by atoms with Crippen molar-refractivity contribution in [1.29, 1.82) is 0 Å². The largest absolute Gasteiger partial charge is 0.410 e. The summed E-state index contributed by atoms with van der Waals surface area (Å²) in [6.45, 7) is 0. The van der Waals surface area contributed by atoms with Crippen molar-refractivity contribution in [3.05, 3.63) is 71.3 Å². The maximum atomic E-state index is 9.95. The SMILES string of the molecule is COC1(SCCCCc2ccccc2)SCCCCc2ccccc2/C1=N/O. The Morgan fingerprint density at radius 2 is 1.86 bits per heavy atom. The van der Waals surface area contributed by atoms with Crippen LogP contribution in [0.15, 0.2) is 59.8 Å². The Morgan fingerprint density at radius 1 is 1.07 bits per heavy atom. The lowest BCUT2D eigenvalue weighted by Gasteiger charge is -2.32. The Balaban J connectivity index is 1.70. The number of rotatable bonds is 7. The number of aryl methyl sites for hydroxylation is 2. The fourth-order valence-corrected chi connectivity index (χ4v) is 6.43. The van der Waals surface area contributed by atoms with Gasteiger partial charge in [-0.05, 0) is 61.2 Å². The van der Waals surface area contributed by atoms with Crippen LogP contribution in [0, 0.1) is 0 Å². The Kier molecular flexibility index (Phi) is 8.31. The van der Waals surface area contributed by atoms with E-state index in [1.807, 2.05) is 6.07 Å². The highest BCUT2D eigenvalue weighted by molar-refractivity contribution is 8.19. The van der Waals surface area contributed by atoms with E-state index in [4.69, 9.17) is 4.74 Å². The fraction of sp³-hybridized carbons (Fsp3) is 0.435. The summed E-state index contributed by atoms with van der Waals surface area (Å²) >= 11 is 3.52. The van der Waals surface area contributed by atoms with Crippen LogP contribution < -0.4 is 0 Å². The average molecular weight is 416 g/mol. The van der Waals surface area contributed by atoms with Gasteiger partial charge in [-0.1, -0.05) is 59.8 Å². The molecule has 2 aromatic rings. The van der Waals surface area contributed by atoms with Crippen LogP contribution >= 0.6 is 23.5 Å². The van der Waals surface area contributed by atoms with Gasteiger partial charge in [-0.2, -0.15) is 0 Å². The summed E-state index contributed by atoms with van der Waals surface area (Å²) in [4.78, 5) is 0. The lowest BCUT2D eigenvalue weighted by Crippen LogP contribution is -2.36. The second-order valence-electron chi connectivity index (χ2n) is 6.96. The molecule has 0 spiro atoms. The first-order valence-electron chi connectivity index (χ1n) is 9.97. The van der Waals surface area contributed by atoms with Crippen LogP contribution in [0.1, 0.15) is 42.4 Å². The predicted molar refractivity (Wildman–Crippen MR) is 122 cm³/mol. The molecule has 1 aliphatic rings. The van der Waals surface area contributed by atoms with Crippen LogP contribution in [0.25, 0.3) is 0 Å². The number of hydrogen-bond acceptors (Lipinski definition) is 5. The maximum absolute atomic E-state index is 9.95. The van der Waals surface area contributed by atoms with E-state index in [2.05, 4.69) is 53.7 Å². The van der Waals surface area contributed by atoms with Gasteiger partial charge in [-0.15, -0.1) is 23.5 Å². The molecule has 0 bridgehead atoms. The van der Waals surface area contributed by atoms with Crippen molar-refractivity contribution in [1.82, 2.24) is 0 Å². The number of fused-ring (bicyclic) bond motifs is 1. The van der Waals surface area contributed by atoms with E-state index >= 15 is 0 Å². The first-order chi connectivity index (χ1) is 13.8. The maximum Gasteiger partial charge on any atom is 0.207 e. The number of unbranched alkanes of at least 4 members (excludes halogenated alkanes) is 1. The van der Waals surface area contributed by atoms with Crippen molar-refractivity contribution < 1.29 is 9.94 Å². The van der Waals surface area contributed by atoms with Gasteiger partial charge in [-0.25, -0.2) is 0 Å². The molecule has 0 fully saturated rings. The molecule has 0 aromatic heterocycles. The van der Waals surface area contributed by atoms with E-state index in [9.17, 15) is 5.21 Å². The first-order valence-corrected chi connectivity index (χ1v) is 11.9. The zero-order chi connectivity index (χ0) is 19.7. The number of oxime groups is 1. The summed E-state index contributed by atoms with van der Waals surface area (Å²) in [6, 6.07) is 18.9. The molecular weight excluding hydrogens is 386 g/mol. The zero-order valence-electron chi connectivity index (χ0n) is 16.5. The van der Waals surface area contributed by atoms with Crippen LogP contribution in [-0.4, -0.2) is 33.8 Å². The van der Waals surface area contributed by atoms with Gasteiger partial charge >= 0.3 is 0 Å². The molecule has 3 rings (SSSR count). The molecule has 0 saturated heterocycles. The summed E-state index contributed by atoms with van der Waals surface area (Å²) in [5.74, 6) is 1.97. The van der Waals surface area contributed by atoms with E-state index < -0.39 is 4.27 Å². The minimum absolute atomic E-state index is 0.644. The summed E-state index contributed by atoms with van der Waals surface area (Å²) in [6.07, 6.45) is 6.63. The normalized spacial score (nSPS) is 21.5. The summed E-state index contributed by atoms with van der Waals surface area (Å²) in [7, 11) is 1.73. The molecule has 1 aliphatic heterocycles. The van der Waals surface area contributed by atoms with Crippen LogP contribution in [0.5, 0.6) is 0 Å². The predicted octanol–water partition coefficient (Wildman–Crippen LogP) is 5.99. The van der Waals surface area contributed by atoms with Crippen molar-refractivity contribution in [2.45, 2.75) is 42.8 Å². The van der Waals surface area contributed by atoms with E-state index in [1.165, 1.54) is 11.1 Å². The lowest BCUT2D eigenvalue weighted by atomic mass is 9.99. The third-order valence-electron chi connectivity index (χ3n) is 5.06. The molecule has 3 nitrogen and oxygen atoms in total. The van der Waals surface area contributed by atoms with E-state index in [1.54, 1.807) is 30.6 Å². The second-order valence-corrected chi connectivity index (χ2v) is 9.76. The first kappa shape index (κ1) is 21.3. The Hall–Kier alpha value is -1.43. The van der Waals surface area contributed by atoms with E-state index in [0.29, 0.717) is 5.71 Å². The zero-order valence-corrected chi connectivity index (χ0v) is 18.1. The molecule has 2 aromatic carbocycles. The van der Waals surface area contributed by atoms with Gasteiger partial charge in [0, 0.05) is 12.7 Å². The summed E-state index contributed by atoms with van der Waals surface area (Å²) in [5, 5.41) is 13.7. The van der Waals surface area contributed by atoms with Gasteiger partial charge < -0.3 is 9.94 Å². The summed E-state index contributed by atoms with van der Waals surface area (Å²) < 4.78 is 5.37. The second kappa shape index (κ2) is 10.9. The van der Waals surface area contributed by atoms with Crippen LogP contribution in [0.4, 0.5) is 0 Å². The highest BCUT2D eigenvalue weighted by Gasteiger charge is 2.40. The van der Waals surface area contributed by atoms with Gasteiger partial charge in [0.25, 0.3) is 0 Å². The lowest BCUT2D eigenvalue weighted by molar-refractivity contribution is 0.191. The van der Waals surface area contributed by atoms with Gasteiger partial charge in [0.05, 0.1) is 0 Å². The standard InChI is InChI=1S/C23H29NO2S2/c1-26-23(27-17-9-7-13-19-11-3-2-4-12-19)22(24-25)21-16-6-5-14-20(21)15-8-10-18-28-23/h2-6,11-12,14,16,25H,7-10,13,15,17-18H2,1H3/b24-22-. The van der Waals surface area contributed by atoms with Crippen molar-refractivity contribution in [3.8, 4) is 0 Å². The number of thioether (sulfide) groups is 2. The Labute approximate surface area is 177 Å². The molecule has 0 saturated carbocycles. The highest BCUT2D eigenvalue weighted by atomic mass is 32.2. The summed E-state index contributed by atoms with van der Waals surface area (Å²) in [5.41, 5.74) is 4.28. The molecule has 0 amide bonds. The van der Waals surface area contributed by atoms with E-state index in [0.717, 1.165) is 55.6 Å². The molecule has 5 heteroatoms. The molecule has 1 heterocycles. The molecular formula is C23H29NO2S2. The van der Waals surface area contributed by atoms with Crippen molar-refractivity contribution in [2.24, 2.45) is 5.16 Å². The number of ether oxygens (including phenoxy) is 1. The molecule has 1 N–H and O–H groups in total. The van der Waals surface area contributed by atoms with Gasteiger partial charge in [0.1, 0.15) is 5.71 Å². The number of hydrogen-bond donors (Lipinski definition) is 1. The molecule has 28 heavy (non-hydrogen) atoms. The quantitative estimate of drug-likeness (QED) is 0.261. The fourth-order valence-electron chi connectivity index (χ4n) is 3.55. The van der Waals surface area contributed by atoms with Crippen LogP contribution in [0.2, 0.25) is 0 Å². The molecule has 150 valence electrons. The highest BCUT2D eigenvalue weighted by Crippen LogP contribution is 2.43. The van der Waals surface area contributed by atoms with E-state index in [-0.39, 0.29) is 0 Å². The van der Waals surface area contributed by atoms with Crippen LogP contribution in [-0.2, 0) is 17.6 Å². The van der Waals surface area contributed by atoms with Gasteiger partial charge in [0.2, 0.25) is 4.27 Å². The third-order valence-corrected chi connectivity index (χ3v) is 8.23. The number of benzene rings is 2. The molecule has 0 radical (unpaired) electrons. The number of nitrogens with zero attached hydrogens (tertiary/aromatic N) is 1. The van der Waals surface area contributed by atoms with Crippen molar-refractivity contribution in [3.63, 3.8) is 0 Å². The molecule has 1 unspecified atom stereocenters. The average Bonchev–Trinajstić information content (AvgIpc) is 2.81. The third kappa shape index (κ3) is 5.34. The minimum Gasteiger partial charge on any atom is -0.410 e. The van der Waals surface area contributed by atoms with Crippen molar-refractivity contribution in [2.75, 3.05) is 18.6 Å². The topological polar surface area (TPSA) is 41.8 Å². The molecule has 0 aliphatic carbocycles. The van der Waals surface area contributed by atoms with Crippen molar-refractivity contribution >= 4 is 29.2 Å². The van der Waals surface area contributed by atoms with Gasteiger partial charge in [0.15, 0.2) is 0 Å². The Bertz CT molecular complexity index is 766. The monoisotopic (exact) mass is 415 g/mol. The molecule has 1 atom stereocenters. The smallest absolute Gasteiger partial charge is 0.207 e. The minimum atomic E-state index is -0.665.